The van der Waals surface area contributed by atoms with Crippen LogP contribution in [0.5, 0.6) is 0 Å². The second kappa shape index (κ2) is 6.51. The van der Waals surface area contributed by atoms with Crippen LogP contribution >= 0.6 is 0 Å². The third kappa shape index (κ3) is 3.47. The maximum atomic E-state index is 12.2. The lowest BCUT2D eigenvalue weighted by molar-refractivity contribution is 0.0884. The van der Waals surface area contributed by atoms with E-state index in [2.05, 4.69) is 21.9 Å². The van der Waals surface area contributed by atoms with Gasteiger partial charge in [0.2, 0.25) is 10.0 Å². The molecule has 2 N–H and O–H groups in total. The summed E-state index contributed by atoms with van der Waals surface area (Å²) >= 11 is 0. The monoisotopic (exact) mass is 299 g/mol. The van der Waals surface area contributed by atoms with Crippen LogP contribution in [0, 0.1) is 5.92 Å². The minimum atomic E-state index is -3.50. The van der Waals surface area contributed by atoms with E-state index >= 15 is 0 Å². The van der Waals surface area contributed by atoms with Gasteiger partial charge >= 0.3 is 0 Å². The van der Waals surface area contributed by atoms with Crippen LogP contribution in [0.3, 0.4) is 0 Å². The highest BCUT2D eigenvalue weighted by atomic mass is 32.2. The molecule has 0 aromatic carbocycles. The van der Waals surface area contributed by atoms with E-state index in [9.17, 15) is 8.42 Å². The summed E-state index contributed by atoms with van der Waals surface area (Å²) in [6.07, 6.45) is 3.32. The van der Waals surface area contributed by atoms with Crippen molar-refractivity contribution >= 4 is 15.8 Å². The van der Waals surface area contributed by atoms with Gasteiger partial charge in [-0.2, -0.15) is 0 Å². The Morgan fingerprint density at radius 1 is 1.45 bits per heavy atom. The Balaban J connectivity index is 1.99. The number of anilines is 1. The molecule has 0 bridgehead atoms. The molecular formula is C13H21N3O3S. The smallest absolute Gasteiger partial charge is 0.242 e. The number of hydrogen-bond donors (Lipinski definition) is 2. The number of pyridine rings is 1. The van der Waals surface area contributed by atoms with Crippen molar-refractivity contribution < 1.29 is 13.2 Å². The van der Waals surface area contributed by atoms with Crippen molar-refractivity contribution in [3.8, 4) is 0 Å². The van der Waals surface area contributed by atoms with Gasteiger partial charge in [0.05, 0.1) is 6.10 Å². The fourth-order valence-corrected chi connectivity index (χ4v) is 3.40. The van der Waals surface area contributed by atoms with Gasteiger partial charge in [-0.1, -0.05) is 6.92 Å². The highest BCUT2D eigenvalue weighted by Crippen LogP contribution is 2.23. The van der Waals surface area contributed by atoms with Crippen LogP contribution in [0.2, 0.25) is 0 Å². The first-order valence-electron chi connectivity index (χ1n) is 6.82. The largest absolute Gasteiger partial charge is 0.378 e. The number of hydrogen-bond acceptors (Lipinski definition) is 5. The maximum absolute atomic E-state index is 12.2. The molecule has 0 amide bonds. The zero-order chi connectivity index (χ0) is 14.6. The van der Waals surface area contributed by atoms with Gasteiger partial charge in [-0.15, -0.1) is 0 Å². The predicted molar refractivity (Wildman–Crippen MR) is 77.1 cm³/mol. The third-order valence-electron chi connectivity index (χ3n) is 3.59. The molecule has 0 aliphatic carbocycles. The van der Waals surface area contributed by atoms with Crippen molar-refractivity contribution in [3.05, 3.63) is 18.3 Å². The number of ether oxygens (including phenoxy) is 1. The lowest BCUT2D eigenvalue weighted by Crippen LogP contribution is -2.32. The molecule has 112 valence electrons. The third-order valence-corrected chi connectivity index (χ3v) is 5.00. The molecule has 1 aliphatic heterocycles. The Morgan fingerprint density at radius 3 is 2.85 bits per heavy atom. The molecule has 0 spiro atoms. The van der Waals surface area contributed by atoms with Gasteiger partial charge in [0.1, 0.15) is 10.7 Å². The van der Waals surface area contributed by atoms with E-state index in [1.807, 2.05) is 0 Å². The quantitative estimate of drug-likeness (QED) is 0.825. The van der Waals surface area contributed by atoms with Gasteiger partial charge in [0.15, 0.2) is 0 Å². The van der Waals surface area contributed by atoms with Crippen LogP contribution in [0.4, 0.5) is 5.82 Å². The Morgan fingerprint density at radius 2 is 2.25 bits per heavy atom. The van der Waals surface area contributed by atoms with Gasteiger partial charge in [-0.3, -0.25) is 0 Å². The molecule has 1 aliphatic rings. The average Bonchev–Trinajstić information content (AvgIpc) is 2.93. The summed E-state index contributed by atoms with van der Waals surface area (Å²) < 4.78 is 32.6. The molecule has 0 saturated carbocycles. The normalized spacial score (nSPS) is 22.9. The Bertz CT molecular complexity index is 530. The van der Waals surface area contributed by atoms with E-state index in [0.29, 0.717) is 19.0 Å². The van der Waals surface area contributed by atoms with Crippen LogP contribution in [-0.4, -0.2) is 39.7 Å². The first-order valence-corrected chi connectivity index (χ1v) is 8.30. The van der Waals surface area contributed by atoms with Gasteiger partial charge in [-0.05, 0) is 25.0 Å². The maximum Gasteiger partial charge on any atom is 0.242 e. The van der Waals surface area contributed by atoms with Crippen LogP contribution < -0.4 is 10.0 Å². The molecule has 1 saturated heterocycles. The second-order valence-corrected chi connectivity index (χ2v) is 6.61. The number of rotatable bonds is 6. The van der Waals surface area contributed by atoms with Crippen molar-refractivity contribution in [1.82, 2.24) is 9.71 Å². The zero-order valence-electron chi connectivity index (χ0n) is 11.8. The molecule has 6 nitrogen and oxygen atoms in total. The Kier molecular flexibility index (Phi) is 4.95. The van der Waals surface area contributed by atoms with E-state index in [1.54, 1.807) is 19.2 Å². The van der Waals surface area contributed by atoms with Crippen molar-refractivity contribution in [2.75, 3.05) is 25.5 Å². The van der Waals surface area contributed by atoms with Crippen molar-refractivity contribution in [2.24, 2.45) is 5.92 Å². The minimum Gasteiger partial charge on any atom is -0.378 e. The molecule has 2 heterocycles. The highest BCUT2D eigenvalue weighted by molar-refractivity contribution is 7.89. The molecule has 2 atom stereocenters. The van der Waals surface area contributed by atoms with Gasteiger partial charge in [0.25, 0.3) is 0 Å². The Hall–Kier alpha value is -1.18. The molecule has 7 heteroatoms. The van der Waals surface area contributed by atoms with Crippen molar-refractivity contribution in [3.63, 3.8) is 0 Å². The van der Waals surface area contributed by atoms with Crippen LogP contribution in [-0.2, 0) is 14.8 Å². The molecule has 20 heavy (non-hydrogen) atoms. The molecule has 0 radical (unpaired) electrons. The Labute approximate surface area is 120 Å². The SMILES string of the molecule is CCC1OCCC1CNS(=O)(=O)c1ccc(NC)nc1. The molecular weight excluding hydrogens is 278 g/mol. The van der Waals surface area contributed by atoms with Gasteiger partial charge in [0, 0.05) is 32.3 Å². The summed E-state index contributed by atoms with van der Waals surface area (Å²) in [5.41, 5.74) is 0. The second-order valence-electron chi connectivity index (χ2n) is 4.85. The van der Waals surface area contributed by atoms with Crippen LogP contribution in [0.25, 0.3) is 0 Å². The lowest BCUT2D eigenvalue weighted by Gasteiger charge is -2.17. The van der Waals surface area contributed by atoms with E-state index in [1.165, 1.54) is 6.20 Å². The molecule has 2 rings (SSSR count). The molecule has 1 aromatic heterocycles. The fourth-order valence-electron chi connectivity index (χ4n) is 2.36. The number of aromatic nitrogens is 1. The van der Waals surface area contributed by atoms with E-state index in [0.717, 1.165) is 12.8 Å². The predicted octanol–water partition coefficient (Wildman–Crippen LogP) is 1.22. The standard InChI is InChI=1S/C13H21N3O3S/c1-3-12-10(6-7-19-12)8-16-20(17,18)11-4-5-13(14-2)15-9-11/h4-5,9-10,12,16H,3,6-8H2,1-2H3,(H,14,15). The van der Waals surface area contributed by atoms with Gasteiger partial charge in [-0.25, -0.2) is 18.1 Å². The minimum absolute atomic E-state index is 0.155. The van der Waals surface area contributed by atoms with E-state index in [4.69, 9.17) is 4.74 Å². The van der Waals surface area contributed by atoms with E-state index in [-0.39, 0.29) is 16.9 Å². The zero-order valence-corrected chi connectivity index (χ0v) is 12.6. The van der Waals surface area contributed by atoms with E-state index < -0.39 is 10.0 Å². The highest BCUT2D eigenvalue weighted by Gasteiger charge is 2.28. The summed E-state index contributed by atoms with van der Waals surface area (Å²) in [5, 5.41) is 2.85. The number of nitrogens with one attached hydrogen (secondary N) is 2. The topological polar surface area (TPSA) is 80.3 Å². The number of sulfonamides is 1. The molecule has 1 fully saturated rings. The molecule has 2 unspecified atom stereocenters. The summed E-state index contributed by atoms with van der Waals surface area (Å²) in [5.74, 6) is 0.888. The van der Waals surface area contributed by atoms with Crippen molar-refractivity contribution in [2.45, 2.75) is 30.8 Å². The first-order chi connectivity index (χ1) is 9.56. The summed E-state index contributed by atoms with van der Waals surface area (Å²) in [6, 6.07) is 3.19. The summed E-state index contributed by atoms with van der Waals surface area (Å²) in [6.45, 7) is 3.18. The van der Waals surface area contributed by atoms with Crippen LogP contribution in [0.15, 0.2) is 23.2 Å². The summed E-state index contributed by atoms with van der Waals surface area (Å²) in [7, 11) is -1.76. The lowest BCUT2D eigenvalue weighted by atomic mass is 10.0. The number of nitrogens with zero attached hydrogens (tertiary/aromatic N) is 1. The summed E-state index contributed by atoms with van der Waals surface area (Å²) in [4.78, 5) is 4.20. The first kappa shape index (κ1) is 15.2. The molecule has 1 aromatic rings. The van der Waals surface area contributed by atoms with Gasteiger partial charge < -0.3 is 10.1 Å². The fraction of sp³-hybridized carbons (Fsp3) is 0.615. The van der Waals surface area contributed by atoms with Crippen LogP contribution in [0.1, 0.15) is 19.8 Å². The van der Waals surface area contributed by atoms with Crippen molar-refractivity contribution in [1.29, 1.82) is 0 Å². The average molecular weight is 299 g/mol.